The molecule has 2 nitrogen and oxygen atoms in total. The second kappa shape index (κ2) is 6.05. The molecule has 1 aliphatic heterocycles. The van der Waals surface area contributed by atoms with Crippen LogP contribution in [0.2, 0.25) is 32.7 Å². The lowest BCUT2D eigenvalue weighted by molar-refractivity contribution is 0.0619. The smallest absolute Gasteiger partial charge is 0.188 e. The van der Waals surface area contributed by atoms with Crippen LogP contribution in [0.1, 0.15) is 23.1 Å². The van der Waals surface area contributed by atoms with E-state index in [1.807, 2.05) is 0 Å². The van der Waals surface area contributed by atoms with E-state index in [0.29, 0.717) is 6.79 Å². The van der Waals surface area contributed by atoms with Gasteiger partial charge in [-0.25, -0.2) is 0 Å². The molecule has 5 rings (SSSR count). The van der Waals surface area contributed by atoms with Crippen molar-refractivity contribution in [2.45, 2.75) is 45.6 Å². The van der Waals surface area contributed by atoms with E-state index in [4.69, 9.17) is 9.16 Å². The highest BCUT2D eigenvalue weighted by Gasteiger charge is 2.50. The van der Waals surface area contributed by atoms with Crippen molar-refractivity contribution in [2.24, 2.45) is 0 Å². The normalized spacial score (nSPS) is 18.2. The van der Waals surface area contributed by atoms with Crippen LogP contribution in [0.15, 0.2) is 48.2 Å². The quantitative estimate of drug-likeness (QED) is 0.445. The average Bonchev–Trinajstić information content (AvgIpc) is 2.98. The predicted molar refractivity (Wildman–Crippen MR) is 122 cm³/mol. The summed E-state index contributed by atoms with van der Waals surface area (Å²) >= 11 is 0. The fourth-order valence-electron chi connectivity index (χ4n) is 4.77. The van der Waals surface area contributed by atoms with E-state index >= 15 is 0 Å². The molecule has 0 N–H and O–H groups in total. The van der Waals surface area contributed by atoms with Crippen molar-refractivity contribution in [3.63, 3.8) is 0 Å². The standard InChI is InChI=1S/C24H28O2Si2/c1-27(2,3)26-15-25-18-11-10-17(12-18)20-14-21-19-9-7-6-8-16(19)13-22(21)24-23(20)28(24,4)5/h6-9,11-12,14H,10,13,15H2,1-5H3. The van der Waals surface area contributed by atoms with Gasteiger partial charge in [0.1, 0.15) is 13.8 Å². The molecule has 3 aliphatic rings. The Morgan fingerprint density at radius 2 is 1.79 bits per heavy atom. The summed E-state index contributed by atoms with van der Waals surface area (Å²) < 4.78 is 11.7. The zero-order valence-corrected chi connectivity index (χ0v) is 19.5. The van der Waals surface area contributed by atoms with Gasteiger partial charge in [-0.3, -0.25) is 0 Å². The van der Waals surface area contributed by atoms with Crippen LogP contribution in [0, 0.1) is 0 Å². The molecule has 2 aliphatic carbocycles. The summed E-state index contributed by atoms with van der Waals surface area (Å²) in [6.07, 6.45) is 6.51. The van der Waals surface area contributed by atoms with Crippen molar-refractivity contribution in [2.75, 3.05) is 6.79 Å². The zero-order chi connectivity index (χ0) is 19.7. The van der Waals surface area contributed by atoms with E-state index in [1.54, 1.807) is 15.9 Å². The van der Waals surface area contributed by atoms with Crippen LogP contribution in [0.5, 0.6) is 0 Å². The highest BCUT2D eigenvalue weighted by atomic mass is 28.4. The second-order valence-corrected chi connectivity index (χ2v) is 18.4. The Bertz CT molecular complexity index is 1060. The Balaban J connectivity index is 1.46. The Hall–Kier alpha value is -1.89. The molecule has 0 spiro atoms. The highest BCUT2D eigenvalue weighted by molar-refractivity contribution is 7.16. The minimum atomic E-state index is -1.54. The molecule has 0 unspecified atom stereocenters. The molecule has 2 aromatic rings. The Labute approximate surface area is 170 Å². The third-order valence-electron chi connectivity index (χ3n) is 6.20. The maximum Gasteiger partial charge on any atom is 0.188 e. The monoisotopic (exact) mass is 404 g/mol. The molecule has 0 aromatic heterocycles. The van der Waals surface area contributed by atoms with Gasteiger partial charge in [0.05, 0.1) is 0 Å². The lowest BCUT2D eigenvalue weighted by Crippen LogP contribution is -2.26. The molecule has 1 heterocycles. The number of benzene rings is 2. The number of ether oxygens (including phenoxy) is 1. The SMILES string of the molecule is C[Si](C)(C)OCOC1=CCC(c2cc3c(c4c2[Si]4(C)C)Cc2ccccc2-3)=C1. The fraction of sp³-hybridized carbons (Fsp3) is 0.333. The number of hydrogen-bond donors (Lipinski definition) is 0. The summed E-state index contributed by atoms with van der Waals surface area (Å²) in [5.41, 5.74) is 8.89. The Kier molecular flexibility index (Phi) is 3.93. The molecule has 0 radical (unpaired) electrons. The zero-order valence-electron chi connectivity index (χ0n) is 17.5. The summed E-state index contributed by atoms with van der Waals surface area (Å²) in [6.45, 7) is 11.9. The van der Waals surface area contributed by atoms with Gasteiger partial charge in [0.15, 0.2) is 15.1 Å². The van der Waals surface area contributed by atoms with Crippen molar-refractivity contribution >= 4 is 32.3 Å². The molecule has 2 aromatic carbocycles. The second-order valence-electron chi connectivity index (χ2n) is 9.66. The van der Waals surface area contributed by atoms with Crippen molar-refractivity contribution in [3.8, 4) is 11.1 Å². The third kappa shape index (κ3) is 2.86. The van der Waals surface area contributed by atoms with E-state index in [1.165, 1.54) is 27.8 Å². The largest absolute Gasteiger partial charge is 0.469 e. The Morgan fingerprint density at radius 1 is 1.00 bits per heavy atom. The number of fused-ring (bicyclic) bond motifs is 5. The van der Waals surface area contributed by atoms with Gasteiger partial charge >= 0.3 is 0 Å². The van der Waals surface area contributed by atoms with Gasteiger partial charge in [-0.1, -0.05) is 42.5 Å². The number of rotatable bonds is 5. The topological polar surface area (TPSA) is 18.5 Å². The van der Waals surface area contributed by atoms with Gasteiger partial charge in [0.2, 0.25) is 0 Å². The lowest BCUT2D eigenvalue weighted by Gasteiger charge is -2.17. The Morgan fingerprint density at radius 3 is 2.57 bits per heavy atom. The number of allylic oxidation sites excluding steroid dienone is 3. The number of hydrogen-bond acceptors (Lipinski definition) is 2. The summed E-state index contributed by atoms with van der Waals surface area (Å²) in [4.78, 5) is 0. The van der Waals surface area contributed by atoms with Gasteiger partial charge in [-0.15, -0.1) is 0 Å². The van der Waals surface area contributed by atoms with Crippen molar-refractivity contribution in [1.29, 1.82) is 0 Å². The molecule has 0 atom stereocenters. The molecule has 4 heteroatoms. The molecular weight excluding hydrogens is 376 g/mol. The van der Waals surface area contributed by atoms with Crippen molar-refractivity contribution in [1.82, 2.24) is 0 Å². The van der Waals surface area contributed by atoms with Crippen LogP contribution in [-0.4, -0.2) is 23.2 Å². The minimum absolute atomic E-state index is 0.362. The van der Waals surface area contributed by atoms with Gasteiger partial charge in [-0.2, -0.15) is 0 Å². The lowest BCUT2D eigenvalue weighted by atomic mass is 9.98. The van der Waals surface area contributed by atoms with Crippen LogP contribution in [0.25, 0.3) is 16.7 Å². The molecule has 144 valence electrons. The molecular formula is C24H28O2Si2. The maximum atomic E-state index is 5.90. The first kappa shape index (κ1) is 18.2. The van der Waals surface area contributed by atoms with Crippen LogP contribution in [0.3, 0.4) is 0 Å². The molecule has 0 fully saturated rings. The average molecular weight is 405 g/mol. The summed E-state index contributed by atoms with van der Waals surface area (Å²) in [5.74, 6) is 0.961. The first-order valence-corrected chi connectivity index (χ1v) is 16.6. The molecule has 0 bridgehead atoms. The highest BCUT2D eigenvalue weighted by Crippen LogP contribution is 2.42. The minimum Gasteiger partial charge on any atom is -0.469 e. The predicted octanol–water partition coefficient (Wildman–Crippen LogP) is 4.89. The molecule has 0 saturated heterocycles. The maximum absolute atomic E-state index is 5.90. The van der Waals surface area contributed by atoms with Gasteiger partial charge < -0.3 is 9.16 Å². The van der Waals surface area contributed by atoms with E-state index in [0.717, 1.165) is 18.6 Å². The van der Waals surface area contributed by atoms with Gasteiger partial charge in [-0.05, 0) is 89.3 Å². The first-order valence-electron chi connectivity index (χ1n) is 10.2. The van der Waals surface area contributed by atoms with Crippen LogP contribution >= 0.6 is 0 Å². The van der Waals surface area contributed by atoms with Gasteiger partial charge in [0.25, 0.3) is 0 Å². The van der Waals surface area contributed by atoms with E-state index < -0.39 is 16.4 Å². The van der Waals surface area contributed by atoms with Crippen molar-refractivity contribution in [3.05, 3.63) is 64.9 Å². The van der Waals surface area contributed by atoms with Gasteiger partial charge in [0, 0.05) is 0 Å². The van der Waals surface area contributed by atoms with Crippen LogP contribution < -0.4 is 10.4 Å². The van der Waals surface area contributed by atoms with E-state index in [9.17, 15) is 0 Å². The van der Waals surface area contributed by atoms with Crippen molar-refractivity contribution < 1.29 is 9.16 Å². The molecule has 0 saturated carbocycles. The van der Waals surface area contributed by atoms with Crippen LogP contribution in [-0.2, 0) is 15.6 Å². The van der Waals surface area contributed by atoms with Crippen LogP contribution in [0.4, 0.5) is 0 Å². The molecule has 28 heavy (non-hydrogen) atoms. The summed E-state index contributed by atoms with van der Waals surface area (Å²) in [7, 11) is -2.94. The first-order chi connectivity index (χ1) is 13.3. The third-order valence-corrected chi connectivity index (χ3v) is 10.5. The summed E-state index contributed by atoms with van der Waals surface area (Å²) in [5, 5.41) is 3.40. The molecule has 0 amide bonds. The summed E-state index contributed by atoms with van der Waals surface area (Å²) in [6, 6.07) is 11.4. The fourth-order valence-corrected chi connectivity index (χ4v) is 9.04. The van der Waals surface area contributed by atoms with E-state index in [-0.39, 0.29) is 0 Å². The van der Waals surface area contributed by atoms with E-state index in [2.05, 4.69) is 75.2 Å².